The summed E-state index contributed by atoms with van der Waals surface area (Å²) >= 11 is 6.36. The molecule has 0 aliphatic carbocycles. The minimum Gasteiger partial charge on any atom is -0.370 e. The van der Waals surface area contributed by atoms with Crippen LogP contribution in [0.15, 0.2) is 36.5 Å². The Hall–Kier alpha value is -1.56. The molecule has 0 bridgehead atoms. The van der Waals surface area contributed by atoms with Gasteiger partial charge in [0.25, 0.3) is 0 Å². The molecular formula is C17H24ClN5. The average Bonchev–Trinajstić information content (AvgIpc) is 3.00. The summed E-state index contributed by atoms with van der Waals surface area (Å²) in [4.78, 5) is 2.21. The third-order valence-corrected chi connectivity index (χ3v) is 4.72. The molecule has 2 heterocycles. The maximum Gasteiger partial charge on any atom is 0.124 e. The van der Waals surface area contributed by atoms with E-state index < -0.39 is 0 Å². The van der Waals surface area contributed by atoms with Gasteiger partial charge in [-0.2, -0.15) is 5.10 Å². The van der Waals surface area contributed by atoms with Crippen LogP contribution >= 0.6 is 11.6 Å². The Kier molecular flexibility index (Phi) is 5.20. The minimum absolute atomic E-state index is 0.264. The molecule has 5 nitrogen and oxygen atoms in total. The van der Waals surface area contributed by atoms with Gasteiger partial charge in [0, 0.05) is 49.2 Å². The summed E-state index contributed by atoms with van der Waals surface area (Å²) in [5, 5.41) is 12.2. The molecule has 124 valence electrons. The van der Waals surface area contributed by atoms with Gasteiger partial charge >= 0.3 is 0 Å². The molecule has 0 amide bonds. The van der Waals surface area contributed by atoms with Crippen LogP contribution in [0, 0.1) is 5.92 Å². The highest BCUT2D eigenvalue weighted by atomic mass is 35.5. The second kappa shape index (κ2) is 7.34. The lowest BCUT2D eigenvalue weighted by atomic mass is 10.0. The topological polar surface area (TPSA) is 45.1 Å². The van der Waals surface area contributed by atoms with Gasteiger partial charge in [-0.05, 0) is 25.7 Å². The molecule has 1 aromatic heterocycles. The molecule has 1 aliphatic heterocycles. The van der Waals surface area contributed by atoms with Gasteiger partial charge in [0.1, 0.15) is 5.82 Å². The van der Waals surface area contributed by atoms with Crippen LogP contribution in [0.2, 0.25) is 5.02 Å². The Morgan fingerprint density at radius 2 is 2.22 bits per heavy atom. The number of nitrogens with zero attached hydrogens (tertiary/aromatic N) is 3. The lowest BCUT2D eigenvalue weighted by molar-refractivity contribution is 0.279. The van der Waals surface area contributed by atoms with Gasteiger partial charge < -0.3 is 15.5 Å². The monoisotopic (exact) mass is 333 g/mol. The summed E-state index contributed by atoms with van der Waals surface area (Å²) in [6.45, 7) is 3.78. The van der Waals surface area contributed by atoms with Crippen molar-refractivity contribution >= 4 is 17.4 Å². The fourth-order valence-electron chi connectivity index (χ4n) is 3.06. The largest absolute Gasteiger partial charge is 0.370 e. The van der Waals surface area contributed by atoms with Crippen LogP contribution in [0.25, 0.3) is 0 Å². The Bertz CT molecular complexity index is 639. The molecule has 2 atom stereocenters. The first-order chi connectivity index (χ1) is 11.1. The molecule has 6 heteroatoms. The summed E-state index contributed by atoms with van der Waals surface area (Å²) < 4.78 is 2.04. The van der Waals surface area contributed by atoms with Crippen molar-refractivity contribution in [3.63, 3.8) is 0 Å². The van der Waals surface area contributed by atoms with Gasteiger partial charge in [-0.25, -0.2) is 4.68 Å². The predicted octanol–water partition coefficient (Wildman–Crippen LogP) is 2.47. The SMILES string of the molecule is CN(C)C(CNCC1CNc2ccnn2C1)c1ccccc1Cl. The average molecular weight is 334 g/mol. The van der Waals surface area contributed by atoms with E-state index in [-0.39, 0.29) is 6.04 Å². The van der Waals surface area contributed by atoms with Crippen molar-refractivity contribution in [1.29, 1.82) is 0 Å². The fourth-order valence-corrected chi connectivity index (χ4v) is 3.32. The zero-order valence-corrected chi connectivity index (χ0v) is 14.4. The van der Waals surface area contributed by atoms with Crippen LogP contribution < -0.4 is 10.6 Å². The molecule has 0 saturated heterocycles. The maximum atomic E-state index is 6.36. The first-order valence-electron chi connectivity index (χ1n) is 8.02. The van der Waals surface area contributed by atoms with E-state index >= 15 is 0 Å². The normalized spacial score (nSPS) is 18.5. The van der Waals surface area contributed by atoms with Crippen LogP contribution in [0.1, 0.15) is 11.6 Å². The van der Waals surface area contributed by atoms with E-state index in [0.29, 0.717) is 5.92 Å². The van der Waals surface area contributed by atoms with E-state index in [1.165, 1.54) is 5.56 Å². The lowest BCUT2D eigenvalue weighted by Gasteiger charge is -2.29. The molecule has 0 saturated carbocycles. The molecule has 0 fully saturated rings. The van der Waals surface area contributed by atoms with E-state index in [2.05, 4.69) is 40.8 Å². The zero-order valence-electron chi connectivity index (χ0n) is 13.7. The molecule has 2 N–H and O–H groups in total. The fraction of sp³-hybridized carbons (Fsp3) is 0.471. The number of aromatic nitrogens is 2. The number of hydrogen-bond acceptors (Lipinski definition) is 4. The Morgan fingerprint density at radius 1 is 1.39 bits per heavy atom. The molecule has 0 radical (unpaired) electrons. The molecule has 23 heavy (non-hydrogen) atoms. The van der Waals surface area contributed by atoms with E-state index in [9.17, 15) is 0 Å². The standard InChI is InChI=1S/C17H24ClN5/c1-22(2)16(14-5-3-4-6-15(14)18)11-19-9-13-10-20-17-7-8-21-23(17)12-13/h3-8,13,16,19-20H,9-12H2,1-2H3. The molecule has 1 aromatic carbocycles. The number of likely N-dealkylation sites (N-methyl/N-ethyl adjacent to an activating group) is 1. The van der Waals surface area contributed by atoms with Gasteiger partial charge in [-0.3, -0.25) is 0 Å². The van der Waals surface area contributed by atoms with Crippen LogP contribution in [-0.4, -0.2) is 48.4 Å². The van der Waals surface area contributed by atoms with E-state index in [4.69, 9.17) is 11.6 Å². The van der Waals surface area contributed by atoms with Crippen molar-refractivity contribution in [1.82, 2.24) is 20.0 Å². The van der Waals surface area contributed by atoms with Crippen molar-refractivity contribution in [3.8, 4) is 0 Å². The first-order valence-corrected chi connectivity index (χ1v) is 8.40. The van der Waals surface area contributed by atoms with Crippen molar-refractivity contribution in [2.45, 2.75) is 12.6 Å². The second-order valence-corrected chi connectivity index (χ2v) is 6.71. The third-order valence-electron chi connectivity index (χ3n) is 4.38. The molecule has 2 aromatic rings. The van der Waals surface area contributed by atoms with Crippen LogP contribution in [0.3, 0.4) is 0 Å². The highest BCUT2D eigenvalue weighted by Gasteiger charge is 2.20. The summed E-state index contributed by atoms with van der Waals surface area (Å²) in [6, 6.07) is 10.4. The smallest absolute Gasteiger partial charge is 0.124 e. The highest BCUT2D eigenvalue weighted by Crippen LogP contribution is 2.25. The second-order valence-electron chi connectivity index (χ2n) is 6.30. The van der Waals surface area contributed by atoms with Crippen LogP contribution in [0.4, 0.5) is 5.82 Å². The summed E-state index contributed by atoms with van der Waals surface area (Å²) in [6.07, 6.45) is 1.84. The number of hydrogen-bond donors (Lipinski definition) is 2. The summed E-state index contributed by atoms with van der Waals surface area (Å²) in [7, 11) is 4.18. The van der Waals surface area contributed by atoms with Gasteiger partial charge in [-0.15, -0.1) is 0 Å². The van der Waals surface area contributed by atoms with Gasteiger partial charge in [0.15, 0.2) is 0 Å². The van der Waals surface area contributed by atoms with Crippen molar-refractivity contribution < 1.29 is 0 Å². The van der Waals surface area contributed by atoms with Crippen molar-refractivity contribution in [3.05, 3.63) is 47.1 Å². The number of benzene rings is 1. The maximum absolute atomic E-state index is 6.36. The van der Waals surface area contributed by atoms with Crippen molar-refractivity contribution in [2.75, 3.05) is 39.0 Å². The van der Waals surface area contributed by atoms with Gasteiger partial charge in [0.05, 0.1) is 6.20 Å². The summed E-state index contributed by atoms with van der Waals surface area (Å²) in [5.74, 6) is 1.65. The number of fused-ring (bicyclic) bond motifs is 1. The minimum atomic E-state index is 0.264. The number of anilines is 1. The molecule has 3 rings (SSSR count). The molecular weight excluding hydrogens is 310 g/mol. The summed E-state index contributed by atoms with van der Waals surface area (Å²) in [5.41, 5.74) is 1.17. The van der Waals surface area contributed by atoms with E-state index in [1.807, 2.05) is 35.1 Å². The number of nitrogens with one attached hydrogen (secondary N) is 2. The molecule has 1 aliphatic rings. The quantitative estimate of drug-likeness (QED) is 0.852. The highest BCUT2D eigenvalue weighted by molar-refractivity contribution is 6.31. The molecule has 2 unspecified atom stereocenters. The zero-order chi connectivity index (χ0) is 16.2. The third kappa shape index (κ3) is 3.86. The van der Waals surface area contributed by atoms with Crippen LogP contribution in [0.5, 0.6) is 0 Å². The number of halogens is 1. The predicted molar refractivity (Wildman–Crippen MR) is 95.0 cm³/mol. The van der Waals surface area contributed by atoms with Gasteiger partial charge in [0.2, 0.25) is 0 Å². The number of rotatable bonds is 6. The van der Waals surface area contributed by atoms with Crippen molar-refractivity contribution in [2.24, 2.45) is 5.92 Å². The molecule has 0 spiro atoms. The Morgan fingerprint density at radius 3 is 3.00 bits per heavy atom. The van der Waals surface area contributed by atoms with Gasteiger partial charge in [-0.1, -0.05) is 29.8 Å². The Labute approximate surface area is 142 Å². The Balaban J connectivity index is 1.55. The lowest BCUT2D eigenvalue weighted by Crippen LogP contribution is -2.38. The van der Waals surface area contributed by atoms with Crippen LogP contribution in [-0.2, 0) is 6.54 Å². The van der Waals surface area contributed by atoms with E-state index in [1.54, 1.807) is 0 Å². The first kappa shape index (κ1) is 16.3. The van der Waals surface area contributed by atoms with E-state index in [0.717, 1.165) is 37.0 Å².